The summed E-state index contributed by atoms with van der Waals surface area (Å²) in [5, 5.41) is 3.00. The van der Waals surface area contributed by atoms with E-state index in [9.17, 15) is 4.79 Å². The van der Waals surface area contributed by atoms with Gasteiger partial charge >= 0.3 is 0 Å². The maximum absolute atomic E-state index is 13.1. The number of hydrogen-bond acceptors (Lipinski definition) is 8. The number of aromatic nitrogens is 4. The minimum absolute atomic E-state index is 0.212. The molecular formula is C32H36N6O3. The molecule has 1 aliphatic rings. The SMILES string of the molecule is Cc1ccc(C(=O)Nc2cccc(C(C)C)c2)cc1Oc1ncccc1-c1ncnc(CCCN2CCOCC2)n1. The highest BCUT2D eigenvalue weighted by Gasteiger charge is 2.16. The third kappa shape index (κ3) is 7.50. The average molecular weight is 553 g/mol. The number of amides is 1. The van der Waals surface area contributed by atoms with Crippen molar-refractivity contribution in [2.75, 3.05) is 38.2 Å². The summed E-state index contributed by atoms with van der Waals surface area (Å²) in [5.74, 6) is 2.29. The quantitative estimate of drug-likeness (QED) is 0.268. The van der Waals surface area contributed by atoms with Crippen molar-refractivity contribution in [2.45, 2.75) is 39.5 Å². The monoisotopic (exact) mass is 552 g/mol. The second kappa shape index (κ2) is 13.4. The number of hydrogen-bond donors (Lipinski definition) is 1. The molecule has 0 aliphatic carbocycles. The van der Waals surface area contributed by atoms with Crippen LogP contribution in [0.25, 0.3) is 11.4 Å². The molecule has 1 N–H and O–H groups in total. The molecule has 2 aromatic heterocycles. The normalized spacial score (nSPS) is 13.8. The van der Waals surface area contributed by atoms with Crippen molar-refractivity contribution in [3.8, 4) is 23.0 Å². The van der Waals surface area contributed by atoms with Gasteiger partial charge in [-0.2, -0.15) is 0 Å². The van der Waals surface area contributed by atoms with Gasteiger partial charge in [0.1, 0.15) is 17.9 Å². The van der Waals surface area contributed by atoms with Crippen molar-refractivity contribution in [3.63, 3.8) is 0 Å². The van der Waals surface area contributed by atoms with Crippen LogP contribution in [0.2, 0.25) is 0 Å². The minimum Gasteiger partial charge on any atom is -0.438 e. The Bertz CT molecular complexity index is 1490. The number of morpholine rings is 1. The third-order valence-corrected chi connectivity index (χ3v) is 7.08. The summed E-state index contributed by atoms with van der Waals surface area (Å²) in [6.07, 6.45) is 4.90. The van der Waals surface area contributed by atoms with Crippen LogP contribution in [0, 0.1) is 6.92 Å². The largest absolute Gasteiger partial charge is 0.438 e. The van der Waals surface area contributed by atoms with E-state index in [2.05, 4.69) is 45.1 Å². The zero-order valence-electron chi connectivity index (χ0n) is 23.8. The number of nitrogens with zero attached hydrogens (tertiary/aromatic N) is 5. The predicted molar refractivity (Wildman–Crippen MR) is 158 cm³/mol. The van der Waals surface area contributed by atoms with Gasteiger partial charge in [0.15, 0.2) is 5.82 Å². The van der Waals surface area contributed by atoms with Crippen LogP contribution in [-0.2, 0) is 11.2 Å². The summed E-state index contributed by atoms with van der Waals surface area (Å²) in [6, 6.07) is 17.0. The molecule has 212 valence electrons. The molecule has 0 radical (unpaired) electrons. The van der Waals surface area contributed by atoms with Crippen LogP contribution in [-0.4, -0.2) is 63.6 Å². The van der Waals surface area contributed by atoms with Gasteiger partial charge in [-0.1, -0.05) is 32.0 Å². The van der Waals surface area contributed by atoms with Gasteiger partial charge in [-0.15, -0.1) is 0 Å². The molecule has 0 saturated carbocycles. The van der Waals surface area contributed by atoms with Crippen molar-refractivity contribution < 1.29 is 14.3 Å². The number of benzene rings is 2. The van der Waals surface area contributed by atoms with E-state index in [1.807, 2.05) is 43.3 Å². The second-order valence-electron chi connectivity index (χ2n) is 10.5. The summed E-state index contributed by atoms with van der Waals surface area (Å²) < 4.78 is 11.7. The van der Waals surface area contributed by atoms with Crippen LogP contribution in [0.15, 0.2) is 67.1 Å². The minimum atomic E-state index is -0.212. The standard InChI is InChI=1S/C32H36N6O3/c1-22(2)24-7-4-8-26(19-24)36-31(39)25-12-11-23(3)28(20-25)41-32-27(9-5-13-33-32)30-35-21-34-29(37-30)10-6-14-38-15-17-40-18-16-38/h4-5,7-9,11-13,19-22H,6,10,14-18H2,1-3H3,(H,36,39). The number of carbonyl (C=O) groups is 1. The number of rotatable bonds is 10. The first-order valence-corrected chi connectivity index (χ1v) is 14.1. The van der Waals surface area contributed by atoms with Gasteiger partial charge in [0.25, 0.3) is 5.91 Å². The highest BCUT2D eigenvalue weighted by atomic mass is 16.5. The summed E-state index contributed by atoms with van der Waals surface area (Å²) in [7, 11) is 0. The highest BCUT2D eigenvalue weighted by molar-refractivity contribution is 6.04. The molecule has 0 bridgehead atoms. The van der Waals surface area contributed by atoms with Crippen molar-refractivity contribution in [2.24, 2.45) is 0 Å². The molecule has 1 saturated heterocycles. The zero-order chi connectivity index (χ0) is 28.6. The predicted octanol–water partition coefficient (Wildman–Crippen LogP) is 5.67. The Morgan fingerprint density at radius 2 is 1.90 bits per heavy atom. The molecule has 5 rings (SSSR count). The van der Waals surface area contributed by atoms with Gasteiger partial charge in [0.2, 0.25) is 5.88 Å². The van der Waals surface area contributed by atoms with Crippen LogP contribution >= 0.6 is 0 Å². The number of nitrogens with one attached hydrogen (secondary N) is 1. The van der Waals surface area contributed by atoms with E-state index in [1.54, 1.807) is 18.3 Å². The van der Waals surface area contributed by atoms with Crippen LogP contribution < -0.4 is 10.1 Å². The van der Waals surface area contributed by atoms with E-state index < -0.39 is 0 Å². The van der Waals surface area contributed by atoms with E-state index in [4.69, 9.17) is 14.5 Å². The van der Waals surface area contributed by atoms with Crippen molar-refractivity contribution in [3.05, 3.63) is 89.6 Å². The fourth-order valence-electron chi connectivity index (χ4n) is 4.64. The molecule has 1 aliphatic heterocycles. The Kier molecular flexibility index (Phi) is 9.28. The van der Waals surface area contributed by atoms with Crippen LogP contribution in [0.1, 0.15) is 53.5 Å². The molecule has 3 heterocycles. The number of ether oxygens (including phenoxy) is 2. The molecule has 0 atom stereocenters. The number of anilines is 1. The fourth-order valence-corrected chi connectivity index (χ4v) is 4.64. The Morgan fingerprint density at radius 3 is 2.73 bits per heavy atom. The van der Waals surface area contributed by atoms with Crippen molar-refractivity contribution in [1.82, 2.24) is 24.8 Å². The average Bonchev–Trinajstić information content (AvgIpc) is 2.99. The van der Waals surface area contributed by atoms with Gasteiger partial charge in [0.05, 0.1) is 18.8 Å². The fraction of sp³-hybridized carbons (Fsp3) is 0.344. The van der Waals surface area contributed by atoms with Gasteiger partial charge in [-0.3, -0.25) is 9.69 Å². The first-order chi connectivity index (χ1) is 20.0. The number of carbonyl (C=O) groups excluding carboxylic acids is 1. The summed E-state index contributed by atoms with van der Waals surface area (Å²) >= 11 is 0. The summed E-state index contributed by atoms with van der Waals surface area (Å²) in [4.78, 5) is 33.5. The van der Waals surface area contributed by atoms with Gasteiger partial charge in [-0.25, -0.2) is 19.9 Å². The smallest absolute Gasteiger partial charge is 0.255 e. The molecule has 9 nitrogen and oxygen atoms in total. The molecule has 1 fully saturated rings. The topological polar surface area (TPSA) is 102 Å². The molecule has 0 spiro atoms. The van der Waals surface area contributed by atoms with E-state index in [-0.39, 0.29) is 5.91 Å². The lowest BCUT2D eigenvalue weighted by Crippen LogP contribution is -2.37. The lowest BCUT2D eigenvalue weighted by Gasteiger charge is -2.26. The Hall–Kier alpha value is -4.21. The van der Waals surface area contributed by atoms with Crippen LogP contribution in [0.4, 0.5) is 5.69 Å². The summed E-state index contributed by atoms with van der Waals surface area (Å²) in [5.41, 5.74) is 3.94. The Labute approximate surface area is 241 Å². The highest BCUT2D eigenvalue weighted by Crippen LogP contribution is 2.32. The van der Waals surface area contributed by atoms with Gasteiger partial charge in [0, 0.05) is 37.0 Å². The molecule has 9 heteroatoms. The Balaban J connectivity index is 1.30. The zero-order valence-corrected chi connectivity index (χ0v) is 23.8. The Morgan fingerprint density at radius 1 is 1.05 bits per heavy atom. The number of pyridine rings is 1. The summed E-state index contributed by atoms with van der Waals surface area (Å²) in [6.45, 7) is 10.7. The molecular weight excluding hydrogens is 516 g/mol. The van der Waals surface area contributed by atoms with Gasteiger partial charge < -0.3 is 14.8 Å². The lowest BCUT2D eigenvalue weighted by atomic mass is 10.0. The molecule has 0 unspecified atom stereocenters. The molecule has 2 aromatic carbocycles. The molecule has 1 amide bonds. The van der Waals surface area contributed by atoms with Crippen LogP contribution in [0.5, 0.6) is 11.6 Å². The third-order valence-electron chi connectivity index (χ3n) is 7.08. The van der Waals surface area contributed by atoms with E-state index in [0.717, 1.165) is 68.3 Å². The van der Waals surface area contributed by atoms with E-state index in [0.29, 0.717) is 34.5 Å². The number of aryl methyl sites for hydroxylation is 2. The molecule has 4 aromatic rings. The van der Waals surface area contributed by atoms with E-state index >= 15 is 0 Å². The first kappa shape index (κ1) is 28.3. The lowest BCUT2D eigenvalue weighted by molar-refractivity contribution is 0.0374. The van der Waals surface area contributed by atoms with Crippen molar-refractivity contribution in [1.29, 1.82) is 0 Å². The van der Waals surface area contributed by atoms with Crippen LogP contribution in [0.3, 0.4) is 0 Å². The van der Waals surface area contributed by atoms with Gasteiger partial charge in [-0.05, 0) is 73.3 Å². The first-order valence-electron chi connectivity index (χ1n) is 14.1. The van der Waals surface area contributed by atoms with Crippen molar-refractivity contribution >= 4 is 11.6 Å². The second-order valence-corrected chi connectivity index (χ2v) is 10.5. The molecule has 41 heavy (non-hydrogen) atoms. The maximum atomic E-state index is 13.1. The maximum Gasteiger partial charge on any atom is 0.255 e. The van der Waals surface area contributed by atoms with E-state index in [1.165, 1.54) is 6.33 Å².